The number of hydrazine groups is 1. The van der Waals surface area contributed by atoms with Crippen LogP contribution in [0.5, 0.6) is 5.75 Å². The second kappa shape index (κ2) is 9.20. The summed E-state index contributed by atoms with van der Waals surface area (Å²) in [6.45, 7) is 3.61. The summed E-state index contributed by atoms with van der Waals surface area (Å²) < 4.78 is 18.4. The second-order valence-electron chi connectivity index (χ2n) is 6.16. The number of carbonyl (C=O) groups excluding carboxylic acids is 1. The lowest BCUT2D eigenvalue weighted by molar-refractivity contribution is -0.123. The van der Waals surface area contributed by atoms with Gasteiger partial charge in [-0.2, -0.15) is 5.26 Å². The van der Waals surface area contributed by atoms with Gasteiger partial charge in [-0.3, -0.25) is 15.6 Å². The zero-order valence-electron chi connectivity index (χ0n) is 15.5. The summed E-state index contributed by atoms with van der Waals surface area (Å²) >= 11 is 0. The normalized spacial score (nSPS) is 9.93. The third-order valence-electron chi connectivity index (χ3n) is 4.12. The number of hydrogen-bond acceptors (Lipinski definition) is 4. The first kappa shape index (κ1) is 19.6. The van der Waals surface area contributed by atoms with Crippen LogP contribution in [-0.4, -0.2) is 12.5 Å². The van der Waals surface area contributed by atoms with Gasteiger partial charge in [0.05, 0.1) is 17.3 Å². The molecule has 0 aliphatic rings. The molecule has 0 aromatic heterocycles. The van der Waals surface area contributed by atoms with E-state index in [0.717, 1.165) is 11.1 Å². The lowest BCUT2D eigenvalue weighted by atomic mass is 10.0. The molecule has 0 radical (unpaired) electrons. The Balaban J connectivity index is 1.48. The average molecular weight is 387 g/mol. The van der Waals surface area contributed by atoms with Crippen LogP contribution in [0.3, 0.4) is 0 Å². The largest absolute Gasteiger partial charge is 0.484 e. The van der Waals surface area contributed by atoms with Crippen LogP contribution in [0.25, 0.3) is 16.8 Å². The smallest absolute Gasteiger partial charge is 0.276 e. The standard InChI is InChI=1S/C23H18FN3O2/c1-16(18-6-10-21(24)11-7-18)26-27-23(28)15-29-22-12-8-20(9-13-22)19-4-2-17(14-25)3-5-19/h2-13,26H,1,15H2,(H,27,28). The fraction of sp³-hybridized carbons (Fsp3) is 0.0435. The Morgan fingerprint density at radius 3 is 2.10 bits per heavy atom. The number of nitrogens with one attached hydrogen (secondary N) is 2. The SMILES string of the molecule is C=C(NNC(=O)COc1ccc(-c2ccc(C#N)cc2)cc1)c1ccc(F)cc1. The summed E-state index contributed by atoms with van der Waals surface area (Å²) in [6.07, 6.45) is 0. The van der Waals surface area contributed by atoms with Gasteiger partial charge in [-0.25, -0.2) is 4.39 Å². The summed E-state index contributed by atoms with van der Waals surface area (Å²) in [5.41, 5.74) is 8.81. The van der Waals surface area contributed by atoms with Gasteiger partial charge in [0.2, 0.25) is 0 Å². The van der Waals surface area contributed by atoms with E-state index in [1.165, 1.54) is 12.1 Å². The van der Waals surface area contributed by atoms with Crippen molar-refractivity contribution in [3.05, 3.63) is 96.3 Å². The Kier molecular flexibility index (Phi) is 6.23. The number of hydrogen-bond donors (Lipinski definition) is 2. The summed E-state index contributed by atoms with van der Waals surface area (Å²) in [6, 6.07) is 22.4. The number of nitrogens with zero attached hydrogens (tertiary/aromatic N) is 1. The first-order valence-electron chi connectivity index (χ1n) is 8.78. The van der Waals surface area contributed by atoms with E-state index in [4.69, 9.17) is 10.00 Å². The van der Waals surface area contributed by atoms with Crippen LogP contribution in [0.15, 0.2) is 79.4 Å². The van der Waals surface area contributed by atoms with Gasteiger partial charge in [0, 0.05) is 0 Å². The maximum atomic E-state index is 12.9. The number of rotatable bonds is 7. The van der Waals surface area contributed by atoms with Crippen molar-refractivity contribution in [3.63, 3.8) is 0 Å². The summed E-state index contributed by atoms with van der Waals surface area (Å²) in [5, 5.41) is 8.85. The van der Waals surface area contributed by atoms with Crippen molar-refractivity contribution in [1.82, 2.24) is 10.9 Å². The van der Waals surface area contributed by atoms with E-state index in [0.29, 0.717) is 22.6 Å². The van der Waals surface area contributed by atoms with E-state index in [9.17, 15) is 9.18 Å². The highest BCUT2D eigenvalue weighted by molar-refractivity contribution is 5.78. The number of halogens is 1. The Morgan fingerprint density at radius 1 is 0.931 bits per heavy atom. The zero-order chi connectivity index (χ0) is 20.6. The van der Waals surface area contributed by atoms with Gasteiger partial charge >= 0.3 is 0 Å². The van der Waals surface area contributed by atoms with Crippen molar-refractivity contribution in [1.29, 1.82) is 5.26 Å². The summed E-state index contributed by atoms with van der Waals surface area (Å²) in [7, 11) is 0. The minimum atomic E-state index is -0.385. The van der Waals surface area contributed by atoms with Gasteiger partial charge in [0.25, 0.3) is 5.91 Å². The lowest BCUT2D eigenvalue weighted by Gasteiger charge is -2.12. The maximum absolute atomic E-state index is 12.9. The monoisotopic (exact) mass is 387 g/mol. The van der Waals surface area contributed by atoms with Crippen molar-refractivity contribution in [3.8, 4) is 22.9 Å². The lowest BCUT2D eigenvalue weighted by Crippen LogP contribution is -2.38. The number of amides is 1. The van der Waals surface area contributed by atoms with Gasteiger partial charge in [-0.05, 0) is 65.2 Å². The molecule has 0 aliphatic heterocycles. The quantitative estimate of drug-likeness (QED) is 0.600. The van der Waals surface area contributed by atoms with E-state index in [1.54, 1.807) is 36.4 Å². The third kappa shape index (κ3) is 5.44. The number of benzene rings is 3. The molecule has 3 aromatic rings. The first-order valence-corrected chi connectivity index (χ1v) is 8.78. The topological polar surface area (TPSA) is 74.2 Å². The Hall–Kier alpha value is -4.11. The van der Waals surface area contributed by atoms with Crippen LogP contribution >= 0.6 is 0 Å². The molecule has 0 unspecified atom stereocenters. The third-order valence-corrected chi connectivity index (χ3v) is 4.12. The molecule has 0 atom stereocenters. The van der Waals surface area contributed by atoms with Crippen LogP contribution in [0, 0.1) is 17.1 Å². The number of ether oxygens (including phenoxy) is 1. The minimum Gasteiger partial charge on any atom is -0.484 e. The molecule has 3 aromatic carbocycles. The second-order valence-corrected chi connectivity index (χ2v) is 6.16. The highest BCUT2D eigenvalue weighted by atomic mass is 19.1. The average Bonchev–Trinajstić information content (AvgIpc) is 2.77. The zero-order valence-corrected chi connectivity index (χ0v) is 15.5. The predicted octanol–water partition coefficient (Wildman–Crippen LogP) is 4.03. The predicted molar refractivity (Wildman–Crippen MR) is 109 cm³/mol. The van der Waals surface area contributed by atoms with Crippen LogP contribution < -0.4 is 15.6 Å². The molecule has 0 heterocycles. The molecule has 0 saturated heterocycles. The van der Waals surface area contributed by atoms with Gasteiger partial charge in [-0.1, -0.05) is 30.8 Å². The summed E-state index contributed by atoms with van der Waals surface area (Å²) in [4.78, 5) is 11.9. The highest BCUT2D eigenvalue weighted by Crippen LogP contribution is 2.22. The minimum absolute atomic E-state index is 0.181. The first-order chi connectivity index (χ1) is 14.0. The Labute approximate surface area is 168 Å². The van der Waals surface area contributed by atoms with Crippen molar-refractivity contribution >= 4 is 11.6 Å². The van der Waals surface area contributed by atoms with Gasteiger partial charge in [-0.15, -0.1) is 0 Å². The fourth-order valence-electron chi connectivity index (χ4n) is 2.53. The van der Waals surface area contributed by atoms with Gasteiger partial charge in [0.1, 0.15) is 11.6 Å². The molecule has 6 heteroatoms. The number of carbonyl (C=O) groups is 1. The van der Waals surface area contributed by atoms with Crippen LogP contribution in [0.4, 0.5) is 4.39 Å². The fourth-order valence-corrected chi connectivity index (χ4v) is 2.53. The van der Waals surface area contributed by atoms with E-state index in [1.807, 2.05) is 24.3 Å². The molecule has 0 fully saturated rings. The molecule has 5 nitrogen and oxygen atoms in total. The van der Waals surface area contributed by atoms with Crippen LogP contribution in [0.2, 0.25) is 0 Å². The van der Waals surface area contributed by atoms with Crippen molar-refractivity contribution in [2.45, 2.75) is 0 Å². The van der Waals surface area contributed by atoms with Gasteiger partial charge in [0.15, 0.2) is 6.61 Å². The Morgan fingerprint density at radius 2 is 1.52 bits per heavy atom. The maximum Gasteiger partial charge on any atom is 0.276 e. The molecule has 29 heavy (non-hydrogen) atoms. The highest BCUT2D eigenvalue weighted by Gasteiger charge is 2.05. The van der Waals surface area contributed by atoms with Crippen LogP contribution in [-0.2, 0) is 4.79 Å². The van der Waals surface area contributed by atoms with Crippen molar-refractivity contribution < 1.29 is 13.9 Å². The molecule has 0 saturated carbocycles. The van der Waals surface area contributed by atoms with Crippen LogP contribution in [0.1, 0.15) is 11.1 Å². The van der Waals surface area contributed by atoms with Gasteiger partial charge < -0.3 is 4.74 Å². The molecule has 0 spiro atoms. The molecule has 0 bridgehead atoms. The van der Waals surface area contributed by atoms with E-state index < -0.39 is 0 Å². The van der Waals surface area contributed by atoms with E-state index in [-0.39, 0.29) is 18.3 Å². The molecule has 3 rings (SSSR count). The molecular weight excluding hydrogens is 369 g/mol. The molecule has 2 N–H and O–H groups in total. The molecular formula is C23H18FN3O2. The summed E-state index contributed by atoms with van der Waals surface area (Å²) in [5.74, 6) is -0.177. The molecule has 0 aliphatic carbocycles. The number of nitriles is 1. The van der Waals surface area contributed by atoms with E-state index in [2.05, 4.69) is 23.5 Å². The van der Waals surface area contributed by atoms with Crippen molar-refractivity contribution in [2.24, 2.45) is 0 Å². The molecule has 1 amide bonds. The van der Waals surface area contributed by atoms with E-state index >= 15 is 0 Å². The molecule has 144 valence electrons. The van der Waals surface area contributed by atoms with Crippen molar-refractivity contribution in [2.75, 3.05) is 6.61 Å². The Bertz CT molecular complexity index is 1040.